The number of esters is 1. The minimum absolute atomic E-state index is 0.204. The lowest BCUT2D eigenvalue weighted by molar-refractivity contribution is -0.147. The van der Waals surface area contributed by atoms with Crippen molar-refractivity contribution in [1.82, 2.24) is 0 Å². The van der Waals surface area contributed by atoms with Crippen LogP contribution in [0.3, 0.4) is 0 Å². The first-order valence-corrected chi connectivity index (χ1v) is 11.6. The molecule has 174 valence electrons. The highest BCUT2D eigenvalue weighted by Gasteiger charge is 2.42. The van der Waals surface area contributed by atoms with Gasteiger partial charge in [-0.2, -0.15) is 0 Å². The lowest BCUT2D eigenvalue weighted by Gasteiger charge is -2.35. The zero-order chi connectivity index (χ0) is 24.0. The number of ether oxygens (including phenoxy) is 3. The van der Waals surface area contributed by atoms with Crippen LogP contribution in [0.15, 0.2) is 115 Å². The van der Waals surface area contributed by atoms with Crippen LogP contribution in [0, 0.1) is 0 Å². The van der Waals surface area contributed by atoms with E-state index in [1.165, 1.54) is 0 Å². The summed E-state index contributed by atoms with van der Waals surface area (Å²) in [6, 6.07) is 35.3. The first-order chi connectivity index (χ1) is 17.2. The summed E-state index contributed by atoms with van der Waals surface area (Å²) in [7, 11) is 1.60. The van der Waals surface area contributed by atoms with Gasteiger partial charge in [-0.15, -0.1) is 0 Å². The molecule has 0 unspecified atom stereocenters. The number of methoxy groups -OCH3 is 1. The fourth-order valence-corrected chi connectivity index (χ4v) is 4.50. The molecule has 5 rings (SSSR count). The third-order valence-electron chi connectivity index (χ3n) is 6.17. The Balaban J connectivity index is 1.63. The minimum Gasteiger partial charge on any atom is -0.493 e. The summed E-state index contributed by atoms with van der Waals surface area (Å²) in [6.45, 7) is 0.204. The van der Waals surface area contributed by atoms with E-state index in [2.05, 4.69) is 0 Å². The number of para-hydroxylation sites is 1. The second-order valence-electron chi connectivity index (χ2n) is 8.40. The number of hydrogen-bond donors (Lipinski definition) is 0. The number of carbonyl (C=O) groups excluding carboxylic acids is 1. The summed E-state index contributed by atoms with van der Waals surface area (Å²) in [5.41, 5.74) is 3.65. The van der Waals surface area contributed by atoms with E-state index in [0.29, 0.717) is 17.3 Å². The smallest absolute Gasteiger partial charge is 0.314 e. The maximum atomic E-state index is 13.8. The van der Waals surface area contributed by atoms with E-state index < -0.39 is 5.92 Å². The van der Waals surface area contributed by atoms with Gasteiger partial charge in [0.1, 0.15) is 12.4 Å². The van der Waals surface area contributed by atoms with Crippen LogP contribution in [-0.2, 0) is 16.1 Å². The minimum atomic E-state index is -0.602. The Morgan fingerprint density at radius 1 is 0.829 bits per heavy atom. The maximum Gasteiger partial charge on any atom is 0.314 e. The van der Waals surface area contributed by atoms with Gasteiger partial charge >= 0.3 is 5.97 Å². The molecule has 35 heavy (non-hydrogen) atoms. The largest absolute Gasteiger partial charge is 0.493 e. The van der Waals surface area contributed by atoms with Crippen LogP contribution in [0.25, 0.3) is 6.08 Å². The molecule has 4 aromatic carbocycles. The molecule has 0 amide bonds. The van der Waals surface area contributed by atoms with Gasteiger partial charge < -0.3 is 14.2 Å². The van der Waals surface area contributed by atoms with Crippen molar-refractivity contribution in [3.8, 4) is 11.5 Å². The fourth-order valence-electron chi connectivity index (χ4n) is 4.50. The lowest BCUT2D eigenvalue weighted by atomic mass is 9.77. The Kier molecular flexibility index (Phi) is 6.62. The predicted octanol–water partition coefficient (Wildman–Crippen LogP) is 6.74. The Morgan fingerprint density at radius 3 is 2.17 bits per heavy atom. The summed E-state index contributed by atoms with van der Waals surface area (Å²) in [5.74, 6) is 0.523. The van der Waals surface area contributed by atoms with Crippen LogP contribution in [0.5, 0.6) is 11.5 Å². The Bertz CT molecular complexity index is 1310. The average molecular weight is 463 g/mol. The molecule has 1 aliphatic rings. The molecule has 2 atom stereocenters. The summed E-state index contributed by atoms with van der Waals surface area (Å²) in [5, 5.41) is 0. The summed E-state index contributed by atoms with van der Waals surface area (Å²) >= 11 is 0. The number of rotatable bonds is 6. The van der Waals surface area contributed by atoms with E-state index in [9.17, 15) is 4.79 Å². The first-order valence-electron chi connectivity index (χ1n) is 11.6. The van der Waals surface area contributed by atoms with Crippen LogP contribution in [0.2, 0.25) is 0 Å². The van der Waals surface area contributed by atoms with Gasteiger partial charge in [-0.3, -0.25) is 4.79 Å². The number of fused-ring (bicyclic) bond motifs is 1. The highest BCUT2D eigenvalue weighted by molar-refractivity contribution is 5.83. The summed E-state index contributed by atoms with van der Waals surface area (Å²) in [4.78, 5) is 13.8. The van der Waals surface area contributed by atoms with Crippen molar-refractivity contribution in [2.75, 3.05) is 7.11 Å². The molecule has 0 radical (unpaired) electrons. The molecule has 0 spiro atoms. The van der Waals surface area contributed by atoms with Crippen molar-refractivity contribution in [2.24, 2.45) is 0 Å². The molecule has 0 aromatic heterocycles. The van der Waals surface area contributed by atoms with Crippen molar-refractivity contribution in [3.63, 3.8) is 0 Å². The van der Waals surface area contributed by atoms with Gasteiger partial charge in [0, 0.05) is 5.56 Å². The molecule has 1 heterocycles. The topological polar surface area (TPSA) is 44.8 Å². The van der Waals surface area contributed by atoms with Crippen molar-refractivity contribution in [3.05, 3.63) is 137 Å². The van der Waals surface area contributed by atoms with Crippen molar-refractivity contribution < 1.29 is 19.0 Å². The highest BCUT2D eigenvalue weighted by atomic mass is 16.5. The maximum absolute atomic E-state index is 13.8. The summed E-state index contributed by atoms with van der Waals surface area (Å²) < 4.78 is 18.0. The van der Waals surface area contributed by atoms with Gasteiger partial charge in [0.05, 0.1) is 18.9 Å². The SMILES string of the molecule is COc1cccc2c1O/C(=C\c1ccccc1)[C@H](c1ccccc1)[C@H]2C(=O)OCc1ccccc1. The molecule has 0 saturated carbocycles. The third-order valence-corrected chi connectivity index (χ3v) is 6.17. The van der Waals surface area contributed by atoms with Crippen LogP contribution in [0.4, 0.5) is 0 Å². The predicted molar refractivity (Wildman–Crippen MR) is 136 cm³/mol. The van der Waals surface area contributed by atoms with Gasteiger partial charge in [-0.1, -0.05) is 103 Å². The number of benzene rings is 4. The second-order valence-corrected chi connectivity index (χ2v) is 8.40. The fraction of sp³-hybridized carbons (Fsp3) is 0.129. The van der Waals surface area contributed by atoms with E-state index in [4.69, 9.17) is 14.2 Å². The van der Waals surface area contributed by atoms with E-state index in [0.717, 1.165) is 22.3 Å². The van der Waals surface area contributed by atoms with E-state index in [1.807, 2.05) is 115 Å². The van der Waals surface area contributed by atoms with E-state index in [1.54, 1.807) is 7.11 Å². The van der Waals surface area contributed by atoms with Crippen molar-refractivity contribution >= 4 is 12.0 Å². The molecule has 1 aliphatic heterocycles. The molecule has 0 aliphatic carbocycles. The van der Waals surface area contributed by atoms with Crippen LogP contribution in [0.1, 0.15) is 34.1 Å². The molecule has 0 bridgehead atoms. The molecule has 4 heteroatoms. The molecule has 0 fully saturated rings. The van der Waals surface area contributed by atoms with Crippen molar-refractivity contribution in [2.45, 2.75) is 18.4 Å². The number of allylic oxidation sites excluding steroid dienone is 1. The van der Waals surface area contributed by atoms with E-state index >= 15 is 0 Å². The standard InChI is InChI=1S/C31H26O4/c1-33-26-19-11-18-25-29(31(32)34-21-23-14-7-3-8-15-23)28(24-16-9-4-10-17-24)27(35-30(25)26)20-22-12-5-2-6-13-22/h2-20,28-29H,21H2,1H3/b27-20-/t28-,29-/m0/s1. The Hall–Kier alpha value is -4.31. The van der Waals surface area contributed by atoms with Crippen LogP contribution in [-0.4, -0.2) is 13.1 Å². The normalized spacial score (nSPS) is 17.8. The molecular formula is C31H26O4. The quantitative estimate of drug-likeness (QED) is 0.298. The van der Waals surface area contributed by atoms with Crippen molar-refractivity contribution in [1.29, 1.82) is 0 Å². The summed E-state index contributed by atoms with van der Waals surface area (Å²) in [6.07, 6.45) is 1.99. The van der Waals surface area contributed by atoms with Gasteiger partial charge in [-0.05, 0) is 28.8 Å². The van der Waals surface area contributed by atoms with Crippen LogP contribution >= 0.6 is 0 Å². The van der Waals surface area contributed by atoms with E-state index in [-0.39, 0.29) is 18.5 Å². The van der Waals surface area contributed by atoms with Gasteiger partial charge in [0.25, 0.3) is 0 Å². The average Bonchev–Trinajstić information content (AvgIpc) is 2.92. The molecule has 4 nitrogen and oxygen atoms in total. The zero-order valence-corrected chi connectivity index (χ0v) is 19.5. The van der Waals surface area contributed by atoms with Gasteiger partial charge in [0.15, 0.2) is 11.5 Å². The number of carbonyl (C=O) groups is 1. The molecular weight excluding hydrogens is 436 g/mol. The Labute approximate surface area is 205 Å². The third kappa shape index (κ3) is 4.82. The Morgan fingerprint density at radius 2 is 1.49 bits per heavy atom. The molecule has 0 N–H and O–H groups in total. The second kappa shape index (κ2) is 10.3. The lowest BCUT2D eigenvalue weighted by Crippen LogP contribution is -2.30. The number of hydrogen-bond acceptors (Lipinski definition) is 4. The monoisotopic (exact) mass is 462 g/mol. The first kappa shape index (κ1) is 22.5. The zero-order valence-electron chi connectivity index (χ0n) is 19.5. The molecule has 0 saturated heterocycles. The highest BCUT2D eigenvalue weighted by Crippen LogP contribution is 2.51. The van der Waals surface area contributed by atoms with Gasteiger partial charge in [-0.25, -0.2) is 0 Å². The van der Waals surface area contributed by atoms with Crippen LogP contribution < -0.4 is 9.47 Å². The molecule has 4 aromatic rings. The van der Waals surface area contributed by atoms with Gasteiger partial charge in [0.2, 0.25) is 0 Å².